The Labute approximate surface area is 135 Å². The minimum absolute atomic E-state index is 0.276. The van der Waals surface area contributed by atoms with Gasteiger partial charge in [0.05, 0.1) is 11.1 Å². The predicted octanol–water partition coefficient (Wildman–Crippen LogP) is 1.67. The topological polar surface area (TPSA) is 138 Å². The van der Waals surface area contributed by atoms with Crippen LogP contribution in [-0.4, -0.2) is 11.8 Å². The number of nitrogens with two attached hydrogens (primary N) is 4. The van der Waals surface area contributed by atoms with E-state index in [1.54, 1.807) is 36.4 Å². The maximum Gasteiger partial charge on any atom is 0.250 e. The fourth-order valence-electron chi connectivity index (χ4n) is 2.09. The number of primary amides is 2. The summed E-state index contributed by atoms with van der Waals surface area (Å²) < 4.78 is 0. The number of anilines is 2. The van der Waals surface area contributed by atoms with Gasteiger partial charge in [-0.2, -0.15) is 0 Å². The van der Waals surface area contributed by atoms with Crippen molar-refractivity contribution in [2.45, 2.75) is 20.3 Å². The lowest BCUT2D eigenvalue weighted by Gasteiger charge is -2.08. The molecule has 0 fully saturated rings. The smallest absolute Gasteiger partial charge is 0.250 e. The Bertz CT molecular complexity index is 665. The summed E-state index contributed by atoms with van der Waals surface area (Å²) in [4.78, 5) is 22.6. The Kier molecular flexibility index (Phi) is 6.14. The average Bonchev–Trinajstić information content (AvgIpc) is 2.52. The summed E-state index contributed by atoms with van der Waals surface area (Å²) in [5, 5.41) is 0. The average molecular weight is 314 g/mol. The van der Waals surface area contributed by atoms with Crippen molar-refractivity contribution < 1.29 is 9.59 Å². The molecular weight excluding hydrogens is 292 g/mol. The van der Waals surface area contributed by atoms with E-state index < -0.39 is 11.8 Å². The lowest BCUT2D eigenvalue weighted by molar-refractivity contribution is 0.0992. The van der Waals surface area contributed by atoms with E-state index in [-0.39, 0.29) is 11.1 Å². The van der Waals surface area contributed by atoms with Crippen LogP contribution < -0.4 is 22.9 Å². The third-order valence-corrected chi connectivity index (χ3v) is 3.17. The van der Waals surface area contributed by atoms with Crippen LogP contribution in [0.1, 0.15) is 45.7 Å². The molecule has 122 valence electrons. The third kappa shape index (κ3) is 4.47. The highest BCUT2D eigenvalue weighted by molar-refractivity contribution is 5.98. The third-order valence-electron chi connectivity index (χ3n) is 3.17. The number of rotatable bonds is 4. The van der Waals surface area contributed by atoms with Crippen LogP contribution in [0, 0.1) is 0 Å². The maximum atomic E-state index is 11.3. The number of hydrogen-bond acceptors (Lipinski definition) is 4. The molecule has 0 aliphatic rings. The molecule has 0 atom stereocenters. The molecular formula is C17H22N4O2. The van der Waals surface area contributed by atoms with Crippen molar-refractivity contribution in [3.63, 3.8) is 0 Å². The number of hydrogen-bond donors (Lipinski definition) is 4. The Hall–Kier alpha value is -3.02. The Morgan fingerprint density at radius 3 is 1.43 bits per heavy atom. The molecule has 0 radical (unpaired) electrons. The zero-order valence-electron chi connectivity index (χ0n) is 13.3. The number of carbonyl (C=O) groups is 2. The molecule has 2 aromatic carbocycles. The summed E-state index contributed by atoms with van der Waals surface area (Å²) in [6.45, 7) is 4.00. The SMILES string of the molecule is CC.NC(=O)c1cc(Cc2ccc(N)c(C(N)=O)c2)ccc1N. The van der Waals surface area contributed by atoms with E-state index in [0.717, 1.165) is 11.1 Å². The van der Waals surface area contributed by atoms with Crippen molar-refractivity contribution in [3.8, 4) is 0 Å². The van der Waals surface area contributed by atoms with Crippen molar-refractivity contribution in [2.24, 2.45) is 11.5 Å². The Morgan fingerprint density at radius 2 is 1.13 bits per heavy atom. The first-order valence-corrected chi connectivity index (χ1v) is 7.25. The van der Waals surface area contributed by atoms with Crippen molar-refractivity contribution in [3.05, 3.63) is 58.7 Å². The van der Waals surface area contributed by atoms with Crippen LogP contribution in [0.5, 0.6) is 0 Å². The summed E-state index contributed by atoms with van der Waals surface area (Å²) in [6, 6.07) is 10.1. The lowest BCUT2D eigenvalue weighted by Crippen LogP contribution is -2.14. The lowest BCUT2D eigenvalue weighted by atomic mass is 9.99. The van der Waals surface area contributed by atoms with Gasteiger partial charge < -0.3 is 22.9 Å². The second kappa shape index (κ2) is 7.84. The summed E-state index contributed by atoms with van der Waals surface area (Å²) in [7, 11) is 0. The molecule has 23 heavy (non-hydrogen) atoms. The maximum absolute atomic E-state index is 11.3. The monoisotopic (exact) mass is 314 g/mol. The Balaban J connectivity index is 0.00000127. The fourth-order valence-corrected chi connectivity index (χ4v) is 2.09. The van der Waals surface area contributed by atoms with Gasteiger partial charge >= 0.3 is 0 Å². The molecule has 0 aliphatic carbocycles. The standard InChI is InChI=1S/C15H16N4O2.C2H6/c16-12-3-1-8(6-10(12)14(18)20)5-9-2-4-13(17)11(7-9)15(19)21;1-2/h1-4,6-7H,5,16-17H2,(H2,18,20)(H2,19,21);1-2H3. The van der Waals surface area contributed by atoms with E-state index in [4.69, 9.17) is 22.9 Å². The molecule has 8 N–H and O–H groups in total. The van der Waals surface area contributed by atoms with Gasteiger partial charge in [-0.1, -0.05) is 26.0 Å². The summed E-state index contributed by atoms with van der Waals surface area (Å²) in [5.41, 5.74) is 24.8. The quantitative estimate of drug-likeness (QED) is 0.637. The summed E-state index contributed by atoms with van der Waals surface area (Å²) in [5.74, 6) is -1.16. The van der Waals surface area contributed by atoms with Crippen LogP contribution in [0.2, 0.25) is 0 Å². The van der Waals surface area contributed by atoms with Crippen LogP contribution in [-0.2, 0) is 6.42 Å². The first kappa shape index (κ1) is 18.0. The van der Waals surface area contributed by atoms with E-state index in [9.17, 15) is 9.59 Å². The number of benzene rings is 2. The van der Waals surface area contributed by atoms with E-state index in [2.05, 4.69) is 0 Å². The van der Waals surface area contributed by atoms with Gasteiger partial charge in [0.2, 0.25) is 0 Å². The molecule has 0 saturated heterocycles. The second-order valence-corrected chi connectivity index (χ2v) is 4.75. The van der Waals surface area contributed by atoms with Crippen molar-refractivity contribution in [2.75, 3.05) is 11.5 Å². The Morgan fingerprint density at radius 1 is 0.783 bits per heavy atom. The highest BCUT2D eigenvalue weighted by atomic mass is 16.1. The minimum Gasteiger partial charge on any atom is -0.398 e. The first-order chi connectivity index (χ1) is 10.9. The van der Waals surface area contributed by atoms with Gasteiger partial charge in [0.15, 0.2) is 0 Å². The summed E-state index contributed by atoms with van der Waals surface area (Å²) >= 11 is 0. The highest BCUT2D eigenvalue weighted by Crippen LogP contribution is 2.19. The molecule has 0 aromatic heterocycles. The van der Waals surface area contributed by atoms with Crippen LogP contribution in [0.25, 0.3) is 0 Å². The largest absolute Gasteiger partial charge is 0.398 e. The number of nitrogen functional groups attached to an aromatic ring is 2. The van der Waals surface area contributed by atoms with E-state index in [1.165, 1.54) is 0 Å². The van der Waals surface area contributed by atoms with E-state index >= 15 is 0 Å². The van der Waals surface area contributed by atoms with Crippen molar-refractivity contribution in [1.29, 1.82) is 0 Å². The summed E-state index contributed by atoms with van der Waals surface area (Å²) in [6.07, 6.45) is 0.501. The van der Waals surface area contributed by atoms with Gasteiger partial charge in [0.25, 0.3) is 11.8 Å². The molecule has 6 nitrogen and oxygen atoms in total. The van der Waals surface area contributed by atoms with E-state index in [0.29, 0.717) is 17.8 Å². The van der Waals surface area contributed by atoms with Crippen LogP contribution in [0.15, 0.2) is 36.4 Å². The van der Waals surface area contributed by atoms with Crippen molar-refractivity contribution in [1.82, 2.24) is 0 Å². The highest BCUT2D eigenvalue weighted by Gasteiger charge is 2.10. The van der Waals surface area contributed by atoms with Gasteiger partial charge in [0, 0.05) is 11.4 Å². The molecule has 0 spiro atoms. The molecule has 2 aromatic rings. The van der Waals surface area contributed by atoms with Crippen LogP contribution in [0.4, 0.5) is 11.4 Å². The minimum atomic E-state index is -0.579. The molecule has 0 heterocycles. The van der Waals surface area contributed by atoms with Gasteiger partial charge in [-0.25, -0.2) is 0 Å². The number of carbonyl (C=O) groups excluding carboxylic acids is 2. The molecule has 6 heteroatoms. The zero-order valence-corrected chi connectivity index (χ0v) is 13.3. The molecule has 2 rings (SSSR count). The molecule has 0 bridgehead atoms. The van der Waals surface area contributed by atoms with E-state index in [1.807, 2.05) is 13.8 Å². The molecule has 0 aliphatic heterocycles. The normalized spacial score (nSPS) is 9.65. The van der Waals surface area contributed by atoms with Gasteiger partial charge in [-0.05, 0) is 41.8 Å². The van der Waals surface area contributed by atoms with Crippen LogP contribution in [0.3, 0.4) is 0 Å². The second-order valence-electron chi connectivity index (χ2n) is 4.75. The van der Waals surface area contributed by atoms with Gasteiger partial charge in [-0.3, -0.25) is 9.59 Å². The first-order valence-electron chi connectivity index (χ1n) is 7.25. The predicted molar refractivity (Wildman–Crippen MR) is 92.9 cm³/mol. The molecule has 0 saturated carbocycles. The van der Waals surface area contributed by atoms with Gasteiger partial charge in [0.1, 0.15) is 0 Å². The zero-order chi connectivity index (χ0) is 17.6. The van der Waals surface area contributed by atoms with Crippen molar-refractivity contribution >= 4 is 23.2 Å². The molecule has 0 unspecified atom stereocenters. The molecule has 2 amide bonds. The van der Waals surface area contributed by atoms with Gasteiger partial charge in [-0.15, -0.1) is 0 Å². The van der Waals surface area contributed by atoms with Crippen LogP contribution >= 0.6 is 0 Å². The fraction of sp³-hybridized carbons (Fsp3) is 0.176. The number of amides is 2.